The largest absolute Gasteiger partial charge is 0.463 e. The van der Waals surface area contributed by atoms with E-state index in [0.29, 0.717) is 33.3 Å². The third-order valence-electron chi connectivity index (χ3n) is 3.95. The molecule has 4 heterocycles. The smallest absolute Gasteiger partial charge is 0.222 e. The number of nitrogens with two attached hydrogens (primary N) is 1. The van der Waals surface area contributed by atoms with Gasteiger partial charge in [-0.1, -0.05) is 16.8 Å². The van der Waals surface area contributed by atoms with Crippen molar-refractivity contribution in [2.45, 2.75) is 0 Å². The number of H-pyrrole nitrogens is 1. The quantitative estimate of drug-likeness (QED) is 0.505. The van der Waals surface area contributed by atoms with Crippen molar-refractivity contribution in [2.75, 3.05) is 5.73 Å². The highest BCUT2D eigenvalue weighted by atomic mass is 35.5. The van der Waals surface area contributed by atoms with Gasteiger partial charge in [-0.2, -0.15) is 9.67 Å². The van der Waals surface area contributed by atoms with Gasteiger partial charge in [0.15, 0.2) is 16.9 Å². The van der Waals surface area contributed by atoms with Gasteiger partial charge in [0.2, 0.25) is 5.95 Å². The van der Waals surface area contributed by atoms with Gasteiger partial charge in [-0.25, -0.2) is 4.98 Å². The molecule has 0 amide bonds. The van der Waals surface area contributed by atoms with Crippen molar-refractivity contribution in [3.63, 3.8) is 0 Å². The molecule has 122 valence electrons. The molecule has 9 heteroatoms. The van der Waals surface area contributed by atoms with E-state index in [2.05, 4.69) is 25.3 Å². The van der Waals surface area contributed by atoms with Crippen LogP contribution in [0.1, 0.15) is 0 Å². The normalized spacial score (nSPS) is 11.6. The van der Waals surface area contributed by atoms with Gasteiger partial charge in [0.05, 0.1) is 17.0 Å². The van der Waals surface area contributed by atoms with Crippen LogP contribution in [0.15, 0.2) is 47.2 Å². The fraction of sp³-hybridized carbons (Fsp3) is 0. The average molecular weight is 352 g/mol. The summed E-state index contributed by atoms with van der Waals surface area (Å²) < 4.78 is 6.97. The molecule has 1 aromatic carbocycles. The number of hydrogen-bond acceptors (Lipinski definition) is 6. The number of aromatic amines is 1. The molecule has 0 saturated heterocycles. The fourth-order valence-electron chi connectivity index (χ4n) is 2.83. The van der Waals surface area contributed by atoms with Crippen LogP contribution < -0.4 is 5.73 Å². The first-order valence-electron chi connectivity index (χ1n) is 7.41. The molecule has 0 bridgehead atoms. The number of nitrogen functional groups attached to an aromatic ring is 1. The molecular formula is C16H10ClN7O. The minimum atomic E-state index is 0.0984. The number of rotatable bonds is 2. The Morgan fingerprint density at radius 1 is 1.16 bits per heavy atom. The lowest BCUT2D eigenvalue weighted by Crippen LogP contribution is -2.02. The Kier molecular flexibility index (Phi) is 2.83. The number of anilines is 1. The van der Waals surface area contributed by atoms with Crippen molar-refractivity contribution in [3.8, 4) is 17.1 Å². The van der Waals surface area contributed by atoms with Crippen LogP contribution in [-0.2, 0) is 0 Å². The first-order chi connectivity index (χ1) is 12.2. The Hall–Kier alpha value is -3.39. The Morgan fingerprint density at radius 3 is 2.92 bits per heavy atom. The van der Waals surface area contributed by atoms with Crippen LogP contribution in [0.2, 0.25) is 5.02 Å². The topological polar surface area (TPSA) is 111 Å². The first-order valence-corrected chi connectivity index (χ1v) is 7.79. The highest BCUT2D eigenvalue weighted by Gasteiger charge is 2.19. The second-order valence-corrected chi connectivity index (χ2v) is 5.80. The summed E-state index contributed by atoms with van der Waals surface area (Å²) in [7, 11) is 0. The summed E-state index contributed by atoms with van der Waals surface area (Å²) in [5, 5.41) is 9.84. The highest BCUT2D eigenvalue weighted by molar-refractivity contribution is 6.37. The van der Waals surface area contributed by atoms with Crippen LogP contribution in [0.5, 0.6) is 0 Å². The zero-order valence-electron chi connectivity index (χ0n) is 12.6. The average Bonchev–Trinajstić information content (AvgIpc) is 3.35. The second kappa shape index (κ2) is 5.05. The molecule has 0 atom stereocenters. The van der Waals surface area contributed by atoms with Crippen LogP contribution in [0, 0.1) is 0 Å². The van der Waals surface area contributed by atoms with E-state index in [0.717, 1.165) is 10.9 Å². The minimum absolute atomic E-state index is 0.0984. The van der Waals surface area contributed by atoms with Gasteiger partial charge in [0, 0.05) is 17.1 Å². The van der Waals surface area contributed by atoms with E-state index in [4.69, 9.17) is 21.8 Å². The van der Waals surface area contributed by atoms with Gasteiger partial charge >= 0.3 is 0 Å². The van der Waals surface area contributed by atoms with Crippen LogP contribution >= 0.6 is 11.6 Å². The van der Waals surface area contributed by atoms with Crippen molar-refractivity contribution >= 4 is 39.6 Å². The van der Waals surface area contributed by atoms with Gasteiger partial charge in [-0.3, -0.25) is 0 Å². The zero-order valence-corrected chi connectivity index (χ0v) is 13.4. The number of hydrogen-bond donors (Lipinski definition) is 2. The van der Waals surface area contributed by atoms with Crippen LogP contribution in [0.3, 0.4) is 0 Å². The number of nitrogens with one attached hydrogen (secondary N) is 1. The number of halogens is 1. The molecule has 0 aliphatic carbocycles. The Balaban J connectivity index is 1.81. The molecule has 0 saturated carbocycles. The van der Waals surface area contributed by atoms with Gasteiger partial charge in [-0.05, 0) is 30.3 Å². The molecule has 0 radical (unpaired) electrons. The molecule has 0 aliphatic heterocycles. The third kappa shape index (κ3) is 2.01. The summed E-state index contributed by atoms with van der Waals surface area (Å²) in [4.78, 5) is 11.6. The second-order valence-electron chi connectivity index (χ2n) is 5.42. The lowest BCUT2D eigenvalue weighted by molar-refractivity contribution is 0.580. The Labute approximate surface area is 145 Å². The molecule has 4 aromatic heterocycles. The van der Waals surface area contributed by atoms with Crippen molar-refractivity contribution in [3.05, 3.63) is 47.8 Å². The van der Waals surface area contributed by atoms with Crippen molar-refractivity contribution in [2.24, 2.45) is 0 Å². The minimum Gasteiger partial charge on any atom is -0.463 e. The Bertz CT molecular complexity index is 1220. The predicted molar refractivity (Wildman–Crippen MR) is 93.4 cm³/mol. The van der Waals surface area contributed by atoms with E-state index in [1.807, 2.05) is 24.4 Å². The maximum Gasteiger partial charge on any atom is 0.222 e. The molecular weight excluding hydrogens is 342 g/mol. The molecule has 0 aliphatic rings. The predicted octanol–water partition coefficient (Wildman–Crippen LogP) is 3.19. The lowest BCUT2D eigenvalue weighted by Gasteiger charge is -2.06. The SMILES string of the molecule is Nc1nc(-c2ccco2)c2nnn(-c3ccc4[nH]ccc4c3Cl)c2n1. The van der Waals surface area contributed by atoms with E-state index in [-0.39, 0.29) is 5.95 Å². The molecule has 0 fully saturated rings. The molecule has 5 aromatic rings. The van der Waals surface area contributed by atoms with Gasteiger partial charge < -0.3 is 15.1 Å². The molecule has 0 spiro atoms. The van der Waals surface area contributed by atoms with E-state index in [1.54, 1.807) is 23.1 Å². The van der Waals surface area contributed by atoms with E-state index in [9.17, 15) is 0 Å². The van der Waals surface area contributed by atoms with Crippen molar-refractivity contribution in [1.29, 1.82) is 0 Å². The van der Waals surface area contributed by atoms with Crippen LogP contribution in [-0.4, -0.2) is 29.9 Å². The molecule has 25 heavy (non-hydrogen) atoms. The molecule has 8 nitrogen and oxygen atoms in total. The summed E-state index contributed by atoms with van der Waals surface area (Å²) >= 11 is 6.55. The van der Waals surface area contributed by atoms with Crippen molar-refractivity contribution in [1.82, 2.24) is 29.9 Å². The third-order valence-corrected chi connectivity index (χ3v) is 4.35. The summed E-state index contributed by atoms with van der Waals surface area (Å²) in [6.45, 7) is 0. The maximum atomic E-state index is 6.55. The number of furan rings is 1. The molecule has 3 N–H and O–H groups in total. The van der Waals surface area contributed by atoms with Gasteiger partial charge in [0.25, 0.3) is 0 Å². The lowest BCUT2D eigenvalue weighted by atomic mass is 10.2. The molecule has 0 unspecified atom stereocenters. The van der Waals surface area contributed by atoms with E-state index in [1.165, 1.54) is 0 Å². The summed E-state index contributed by atoms with van der Waals surface area (Å²) in [6, 6.07) is 9.21. The summed E-state index contributed by atoms with van der Waals surface area (Å²) in [5.41, 5.74) is 8.88. The van der Waals surface area contributed by atoms with E-state index < -0.39 is 0 Å². The monoisotopic (exact) mass is 351 g/mol. The number of nitrogens with zero attached hydrogens (tertiary/aromatic N) is 5. The van der Waals surface area contributed by atoms with E-state index >= 15 is 0 Å². The van der Waals surface area contributed by atoms with Gasteiger partial charge in [-0.15, -0.1) is 5.10 Å². The van der Waals surface area contributed by atoms with Gasteiger partial charge in [0.1, 0.15) is 5.69 Å². The van der Waals surface area contributed by atoms with Crippen LogP contribution in [0.25, 0.3) is 39.2 Å². The standard InChI is InChI=1S/C16H10ClN7O/c17-12-8-5-6-19-9(8)3-4-10(12)24-15-14(22-23-24)13(20-16(18)21-15)11-2-1-7-25-11/h1-7,19H,(H2,18,20,21). The van der Waals surface area contributed by atoms with Crippen molar-refractivity contribution < 1.29 is 4.42 Å². The number of aromatic nitrogens is 6. The summed E-state index contributed by atoms with van der Waals surface area (Å²) in [6.07, 6.45) is 3.38. The van der Waals surface area contributed by atoms with Crippen LogP contribution in [0.4, 0.5) is 5.95 Å². The fourth-order valence-corrected chi connectivity index (χ4v) is 3.14. The first kappa shape index (κ1) is 14.0. The summed E-state index contributed by atoms with van der Waals surface area (Å²) in [5.74, 6) is 0.639. The zero-order chi connectivity index (χ0) is 17.0. The highest BCUT2D eigenvalue weighted by Crippen LogP contribution is 2.32. The number of benzene rings is 1. The number of fused-ring (bicyclic) bond motifs is 2. The molecule has 5 rings (SSSR count). The Morgan fingerprint density at radius 2 is 2.08 bits per heavy atom. The maximum absolute atomic E-state index is 6.55.